The summed E-state index contributed by atoms with van der Waals surface area (Å²) < 4.78 is 51.7. The van der Waals surface area contributed by atoms with E-state index in [1.165, 1.54) is 21.0 Å². The Morgan fingerprint density at radius 3 is 2.32 bits per heavy atom. The first kappa shape index (κ1) is 21.2. The monoisotopic (exact) mass is 359 g/mol. The predicted molar refractivity (Wildman–Crippen MR) is 89.0 cm³/mol. The second-order valence-corrected chi connectivity index (χ2v) is 5.82. The number of ether oxygens (including phenoxy) is 2. The number of nitrogens with one attached hydrogen (secondary N) is 1. The van der Waals surface area contributed by atoms with Gasteiger partial charge in [0.15, 0.2) is 0 Å². The van der Waals surface area contributed by atoms with E-state index in [2.05, 4.69) is 11.9 Å². The van der Waals surface area contributed by atoms with E-state index in [9.17, 15) is 18.0 Å². The smallest absolute Gasteiger partial charge is 0.417 e. The Labute approximate surface area is 146 Å². The highest BCUT2D eigenvalue weighted by Gasteiger charge is 2.62. The molecule has 1 N–H and O–H groups in total. The summed E-state index contributed by atoms with van der Waals surface area (Å²) in [5.74, 6) is -1.37. The first-order valence-corrected chi connectivity index (χ1v) is 7.87. The number of esters is 1. The van der Waals surface area contributed by atoms with Crippen molar-refractivity contribution in [2.45, 2.75) is 38.0 Å². The number of methoxy groups -OCH3 is 1. The van der Waals surface area contributed by atoms with E-state index in [0.717, 1.165) is 0 Å². The highest BCUT2D eigenvalue weighted by Crippen LogP contribution is 2.38. The molecular formula is C18H24F3NO3. The minimum atomic E-state index is -4.88. The number of rotatable bonds is 9. The Kier molecular flexibility index (Phi) is 7.63. The molecule has 0 spiro atoms. The molecule has 4 nitrogen and oxygen atoms in total. The molecule has 0 radical (unpaired) electrons. The maximum Gasteiger partial charge on any atom is 0.417 e. The van der Waals surface area contributed by atoms with Gasteiger partial charge in [0.2, 0.25) is 5.54 Å². The third-order valence-corrected chi connectivity index (χ3v) is 3.63. The molecule has 0 aromatic heterocycles. The minimum absolute atomic E-state index is 0.0442. The van der Waals surface area contributed by atoms with Gasteiger partial charge in [0, 0.05) is 13.5 Å². The van der Waals surface area contributed by atoms with Crippen LogP contribution in [0.4, 0.5) is 13.2 Å². The van der Waals surface area contributed by atoms with E-state index in [4.69, 9.17) is 9.47 Å². The Bertz CT molecular complexity index is 575. The number of halogens is 3. The van der Waals surface area contributed by atoms with Crippen LogP contribution in [0.5, 0.6) is 0 Å². The Hall–Kier alpha value is -1.86. The van der Waals surface area contributed by atoms with Crippen molar-refractivity contribution < 1.29 is 27.4 Å². The summed E-state index contributed by atoms with van der Waals surface area (Å²) in [5.41, 5.74) is -2.11. The molecule has 1 rings (SSSR count). The van der Waals surface area contributed by atoms with Gasteiger partial charge >= 0.3 is 12.1 Å². The van der Waals surface area contributed by atoms with Crippen LogP contribution in [0.15, 0.2) is 42.5 Å². The standard InChI is InChI=1S/C18H24F3NO3/c1-5-25-16(23)17(11-13(2)3,18(19,20)21)22-15(12-24-4)14-9-7-6-8-10-14/h6-10,15,22H,2,5,11-12H2,1,3-4H3/t15-,17+/m0/s1. The molecule has 25 heavy (non-hydrogen) atoms. The van der Waals surface area contributed by atoms with Gasteiger partial charge in [-0.25, -0.2) is 4.79 Å². The minimum Gasteiger partial charge on any atom is -0.464 e. The summed E-state index contributed by atoms with van der Waals surface area (Å²) in [6.45, 7) is 6.24. The molecule has 0 aliphatic rings. The fourth-order valence-corrected chi connectivity index (χ4v) is 2.56. The van der Waals surface area contributed by atoms with Crippen molar-refractivity contribution in [2.75, 3.05) is 20.3 Å². The maximum atomic E-state index is 14.0. The molecule has 0 unspecified atom stereocenters. The van der Waals surface area contributed by atoms with Crippen molar-refractivity contribution in [2.24, 2.45) is 0 Å². The number of alkyl halides is 3. The Balaban J connectivity index is 3.37. The summed E-state index contributed by atoms with van der Waals surface area (Å²) in [6, 6.07) is 7.66. The van der Waals surface area contributed by atoms with Crippen LogP contribution >= 0.6 is 0 Å². The van der Waals surface area contributed by atoms with Gasteiger partial charge in [-0.05, 0) is 19.4 Å². The second-order valence-electron chi connectivity index (χ2n) is 5.82. The average molecular weight is 359 g/mol. The molecule has 0 heterocycles. The third-order valence-electron chi connectivity index (χ3n) is 3.63. The molecule has 0 saturated carbocycles. The van der Waals surface area contributed by atoms with Gasteiger partial charge in [-0.1, -0.05) is 35.9 Å². The van der Waals surface area contributed by atoms with Gasteiger partial charge in [-0.3, -0.25) is 5.32 Å². The largest absolute Gasteiger partial charge is 0.464 e. The lowest BCUT2D eigenvalue weighted by molar-refractivity contribution is -0.216. The lowest BCUT2D eigenvalue weighted by Gasteiger charge is -2.37. The van der Waals surface area contributed by atoms with E-state index in [1.54, 1.807) is 30.3 Å². The zero-order valence-electron chi connectivity index (χ0n) is 14.7. The van der Waals surface area contributed by atoms with Crippen LogP contribution in [0.25, 0.3) is 0 Å². The van der Waals surface area contributed by atoms with Crippen molar-refractivity contribution in [3.05, 3.63) is 48.0 Å². The summed E-state index contributed by atoms with van der Waals surface area (Å²) in [6.07, 6.45) is -5.50. The lowest BCUT2D eigenvalue weighted by atomic mass is 9.88. The molecule has 0 amide bonds. The van der Waals surface area contributed by atoms with Crippen LogP contribution in [0, 0.1) is 0 Å². The average Bonchev–Trinajstić information content (AvgIpc) is 2.53. The number of hydrogen-bond acceptors (Lipinski definition) is 4. The van der Waals surface area contributed by atoms with Gasteiger partial charge in [-0.15, -0.1) is 6.58 Å². The fraction of sp³-hybridized carbons (Fsp3) is 0.500. The van der Waals surface area contributed by atoms with Gasteiger partial charge in [-0.2, -0.15) is 13.2 Å². The zero-order chi connectivity index (χ0) is 19.1. The summed E-state index contributed by atoms with van der Waals surface area (Å²) in [7, 11) is 1.38. The van der Waals surface area contributed by atoms with Gasteiger partial charge in [0.05, 0.1) is 19.3 Å². The number of carbonyl (C=O) groups excluding carboxylic acids is 1. The highest BCUT2D eigenvalue weighted by molar-refractivity contribution is 5.82. The third kappa shape index (κ3) is 5.31. The molecule has 0 aliphatic heterocycles. The van der Waals surface area contributed by atoms with Crippen molar-refractivity contribution in [1.29, 1.82) is 0 Å². The van der Waals surface area contributed by atoms with Crippen LogP contribution in [-0.4, -0.2) is 38.0 Å². The van der Waals surface area contributed by atoms with Gasteiger partial charge < -0.3 is 9.47 Å². The Morgan fingerprint density at radius 1 is 1.28 bits per heavy atom. The lowest BCUT2D eigenvalue weighted by Crippen LogP contribution is -2.64. The number of carbonyl (C=O) groups is 1. The zero-order valence-corrected chi connectivity index (χ0v) is 14.7. The molecule has 1 aromatic rings. The van der Waals surface area contributed by atoms with E-state index in [0.29, 0.717) is 5.56 Å². The van der Waals surface area contributed by atoms with Crippen molar-refractivity contribution in [3.63, 3.8) is 0 Å². The molecule has 7 heteroatoms. The Morgan fingerprint density at radius 2 is 1.88 bits per heavy atom. The second kappa shape index (κ2) is 9.01. The molecule has 140 valence electrons. The highest BCUT2D eigenvalue weighted by atomic mass is 19.4. The first-order chi connectivity index (χ1) is 11.7. The topological polar surface area (TPSA) is 47.6 Å². The van der Waals surface area contributed by atoms with Gasteiger partial charge in [0.25, 0.3) is 0 Å². The van der Waals surface area contributed by atoms with E-state index >= 15 is 0 Å². The van der Waals surface area contributed by atoms with Crippen molar-refractivity contribution in [3.8, 4) is 0 Å². The molecule has 0 saturated heterocycles. The molecular weight excluding hydrogens is 335 g/mol. The normalized spacial score (nSPS) is 15.3. The van der Waals surface area contributed by atoms with E-state index < -0.39 is 30.1 Å². The van der Waals surface area contributed by atoms with Crippen LogP contribution in [0.2, 0.25) is 0 Å². The SMILES string of the molecule is C=C(C)C[C@@](N[C@@H](COC)c1ccccc1)(C(=O)OCC)C(F)(F)F. The van der Waals surface area contributed by atoms with Crippen LogP contribution < -0.4 is 5.32 Å². The first-order valence-electron chi connectivity index (χ1n) is 7.87. The number of benzene rings is 1. The molecule has 2 atom stereocenters. The molecule has 1 aromatic carbocycles. The molecule has 0 fully saturated rings. The summed E-state index contributed by atoms with van der Waals surface area (Å²) in [4.78, 5) is 12.3. The molecule has 0 aliphatic carbocycles. The fourth-order valence-electron chi connectivity index (χ4n) is 2.56. The van der Waals surface area contributed by atoms with E-state index in [1.807, 2.05) is 0 Å². The molecule has 0 bridgehead atoms. The van der Waals surface area contributed by atoms with Crippen molar-refractivity contribution in [1.82, 2.24) is 5.32 Å². The van der Waals surface area contributed by atoms with Crippen molar-refractivity contribution >= 4 is 5.97 Å². The quantitative estimate of drug-likeness (QED) is 0.538. The van der Waals surface area contributed by atoms with Crippen LogP contribution in [-0.2, 0) is 14.3 Å². The summed E-state index contributed by atoms with van der Waals surface area (Å²) >= 11 is 0. The maximum absolute atomic E-state index is 14.0. The van der Waals surface area contributed by atoms with Gasteiger partial charge in [0.1, 0.15) is 0 Å². The van der Waals surface area contributed by atoms with E-state index in [-0.39, 0.29) is 18.8 Å². The van der Waals surface area contributed by atoms with Crippen LogP contribution in [0.3, 0.4) is 0 Å². The predicted octanol–water partition coefficient (Wildman–Crippen LogP) is 3.79. The number of hydrogen-bond donors (Lipinski definition) is 1. The van der Waals surface area contributed by atoms with Crippen LogP contribution in [0.1, 0.15) is 31.9 Å². The summed E-state index contributed by atoms with van der Waals surface area (Å²) in [5, 5.41) is 2.46.